The number of carbonyl (C=O) groups is 1. The van der Waals surface area contributed by atoms with Gasteiger partial charge in [0.25, 0.3) is 0 Å². The van der Waals surface area contributed by atoms with E-state index in [2.05, 4.69) is 17.5 Å². The standard InChI is InChI=1S/C3H7NOS/c1-3(5)2-4-6/h4,6H,2H2,1H3. The first-order valence-corrected chi connectivity index (χ1v) is 2.08. The molecule has 0 saturated heterocycles. The number of Topliss-reactive ketones (excluding diaryl/α,β-unsaturated/α-hetero) is 1. The molecule has 36 valence electrons. The van der Waals surface area contributed by atoms with Gasteiger partial charge in [0.2, 0.25) is 0 Å². The van der Waals surface area contributed by atoms with Crippen LogP contribution in [0.25, 0.3) is 0 Å². The first kappa shape index (κ1) is 5.98. The van der Waals surface area contributed by atoms with Crippen molar-refractivity contribution < 1.29 is 4.79 Å². The third kappa shape index (κ3) is 3.98. The summed E-state index contributed by atoms with van der Waals surface area (Å²) in [6.45, 7) is 1.85. The first-order chi connectivity index (χ1) is 2.77. The van der Waals surface area contributed by atoms with E-state index in [1.54, 1.807) is 0 Å². The number of hydrogen-bond donors (Lipinski definition) is 2. The minimum Gasteiger partial charge on any atom is -0.299 e. The van der Waals surface area contributed by atoms with Gasteiger partial charge in [-0.3, -0.25) is 9.52 Å². The lowest BCUT2D eigenvalue weighted by atomic mass is 10.5. The molecule has 0 saturated carbocycles. The highest BCUT2D eigenvalue weighted by Gasteiger charge is 1.82. The van der Waals surface area contributed by atoms with Crippen molar-refractivity contribution in [1.82, 2.24) is 4.72 Å². The van der Waals surface area contributed by atoms with Gasteiger partial charge in [0, 0.05) is 0 Å². The molecule has 0 radical (unpaired) electrons. The summed E-state index contributed by atoms with van der Waals surface area (Å²) in [6, 6.07) is 0. The Balaban J connectivity index is 2.83. The van der Waals surface area contributed by atoms with Crippen molar-refractivity contribution in [2.45, 2.75) is 6.92 Å². The Morgan fingerprint density at radius 3 is 2.50 bits per heavy atom. The van der Waals surface area contributed by atoms with Crippen LogP contribution in [0.1, 0.15) is 6.92 Å². The Bertz CT molecular complexity index is 54.8. The van der Waals surface area contributed by atoms with Crippen LogP contribution in [0, 0.1) is 0 Å². The van der Waals surface area contributed by atoms with E-state index in [-0.39, 0.29) is 5.78 Å². The second-order valence-electron chi connectivity index (χ2n) is 1.04. The molecule has 0 bridgehead atoms. The monoisotopic (exact) mass is 105 g/mol. The van der Waals surface area contributed by atoms with Crippen molar-refractivity contribution in [2.75, 3.05) is 6.54 Å². The SMILES string of the molecule is CC(=O)CNS. The molecule has 0 amide bonds. The highest BCUT2D eigenvalue weighted by atomic mass is 32.1. The highest BCUT2D eigenvalue weighted by Crippen LogP contribution is 1.63. The van der Waals surface area contributed by atoms with E-state index in [9.17, 15) is 4.79 Å². The Hall–Kier alpha value is -0.0200. The lowest BCUT2D eigenvalue weighted by Gasteiger charge is -1.84. The van der Waals surface area contributed by atoms with Crippen LogP contribution in [-0.2, 0) is 4.79 Å². The van der Waals surface area contributed by atoms with Crippen molar-refractivity contribution in [3.05, 3.63) is 0 Å². The number of hydrogen-bond acceptors (Lipinski definition) is 3. The molecule has 0 fully saturated rings. The molecule has 0 spiro atoms. The minimum atomic E-state index is 0.102. The summed E-state index contributed by atoms with van der Waals surface area (Å²) in [5, 5.41) is 0. The van der Waals surface area contributed by atoms with Crippen LogP contribution in [0.4, 0.5) is 0 Å². The Morgan fingerprint density at radius 2 is 2.50 bits per heavy atom. The average Bonchev–Trinajstić information content (AvgIpc) is 1.35. The second kappa shape index (κ2) is 3.18. The molecule has 1 N–H and O–H groups in total. The van der Waals surface area contributed by atoms with Gasteiger partial charge in [-0.25, -0.2) is 0 Å². The van der Waals surface area contributed by atoms with Crippen LogP contribution < -0.4 is 4.72 Å². The smallest absolute Gasteiger partial charge is 0.144 e. The molecule has 0 aromatic rings. The van der Waals surface area contributed by atoms with E-state index in [1.165, 1.54) is 6.92 Å². The Kier molecular flexibility index (Phi) is 3.17. The third-order valence-electron chi connectivity index (χ3n) is 0.328. The number of thiol groups is 1. The fourth-order valence-corrected chi connectivity index (χ4v) is 0.334. The van der Waals surface area contributed by atoms with Crippen LogP contribution in [0.5, 0.6) is 0 Å². The summed E-state index contributed by atoms with van der Waals surface area (Å²) in [5.74, 6) is 0.102. The summed E-state index contributed by atoms with van der Waals surface area (Å²) in [6.07, 6.45) is 0. The highest BCUT2D eigenvalue weighted by molar-refractivity contribution is 7.78. The summed E-state index contributed by atoms with van der Waals surface area (Å²) >= 11 is 3.59. The van der Waals surface area contributed by atoms with Gasteiger partial charge in [0.1, 0.15) is 5.78 Å². The first-order valence-electron chi connectivity index (χ1n) is 1.63. The molecule has 3 heteroatoms. The molecular formula is C3H7NOS. The van der Waals surface area contributed by atoms with E-state index in [0.29, 0.717) is 6.54 Å². The van der Waals surface area contributed by atoms with Crippen molar-refractivity contribution >= 4 is 18.6 Å². The Morgan fingerprint density at radius 1 is 2.00 bits per heavy atom. The lowest BCUT2D eigenvalue weighted by molar-refractivity contribution is -0.115. The van der Waals surface area contributed by atoms with Gasteiger partial charge in [-0.15, -0.1) is 0 Å². The number of ketones is 1. The summed E-state index contributed by atoms with van der Waals surface area (Å²) in [7, 11) is 0. The molecule has 6 heavy (non-hydrogen) atoms. The zero-order valence-corrected chi connectivity index (χ0v) is 4.46. The zero-order chi connectivity index (χ0) is 4.99. The maximum Gasteiger partial charge on any atom is 0.144 e. The molecule has 0 aliphatic rings. The maximum atomic E-state index is 9.93. The molecule has 0 aliphatic carbocycles. The minimum absolute atomic E-state index is 0.102. The topological polar surface area (TPSA) is 29.1 Å². The van der Waals surface area contributed by atoms with E-state index in [1.807, 2.05) is 0 Å². The molecular weight excluding hydrogens is 98.1 g/mol. The van der Waals surface area contributed by atoms with Crippen LogP contribution in [0.3, 0.4) is 0 Å². The summed E-state index contributed by atoms with van der Waals surface area (Å²) in [5.41, 5.74) is 0. The molecule has 0 atom stereocenters. The molecule has 2 nitrogen and oxygen atoms in total. The van der Waals surface area contributed by atoms with E-state index >= 15 is 0 Å². The molecule has 0 unspecified atom stereocenters. The van der Waals surface area contributed by atoms with Crippen molar-refractivity contribution in [2.24, 2.45) is 0 Å². The molecule has 0 rings (SSSR count). The van der Waals surface area contributed by atoms with Crippen molar-refractivity contribution in [3.63, 3.8) is 0 Å². The quantitative estimate of drug-likeness (QED) is 0.484. The normalized spacial score (nSPS) is 8.33. The summed E-state index contributed by atoms with van der Waals surface area (Å²) in [4.78, 5) is 9.93. The van der Waals surface area contributed by atoms with Crippen LogP contribution in [-0.4, -0.2) is 12.3 Å². The number of nitrogens with one attached hydrogen (secondary N) is 1. The van der Waals surface area contributed by atoms with Crippen LogP contribution in [0.15, 0.2) is 0 Å². The predicted molar refractivity (Wildman–Crippen MR) is 27.7 cm³/mol. The largest absolute Gasteiger partial charge is 0.299 e. The summed E-state index contributed by atoms with van der Waals surface area (Å²) < 4.78 is 2.41. The second-order valence-corrected chi connectivity index (χ2v) is 1.35. The van der Waals surface area contributed by atoms with Crippen LogP contribution >= 0.6 is 12.8 Å². The van der Waals surface area contributed by atoms with Gasteiger partial charge in [-0.05, 0) is 6.92 Å². The lowest BCUT2D eigenvalue weighted by Crippen LogP contribution is -2.09. The van der Waals surface area contributed by atoms with Crippen molar-refractivity contribution in [1.29, 1.82) is 0 Å². The van der Waals surface area contributed by atoms with Crippen LogP contribution in [0.2, 0.25) is 0 Å². The van der Waals surface area contributed by atoms with E-state index in [0.717, 1.165) is 0 Å². The Labute approximate surface area is 42.5 Å². The molecule has 0 aromatic heterocycles. The van der Waals surface area contributed by atoms with Gasteiger partial charge in [-0.2, -0.15) is 0 Å². The predicted octanol–water partition coefficient (Wildman–Crippen LogP) is 0.00980. The van der Waals surface area contributed by atoms with Gasteiger partial charge in [0.05, 0.1) is 6.54 Å². The number of carbonyl (C=O) groups excluding carboxylic acids is 1. The number of rotatable bonds is 2. The third-order valence-corrected chi connectivity index (χ3v) is 0.486. The zero-order valence-electron chi connectivity index (χ0n) is 3.56. The van der Waals surface area contributed by atoms with Gasteiger partial charge >= 0.3 is 0 Å². The van der Waals surface area contributed by atoms with E-state index in [4.69, 9.17) is 0 Å². The van der Waals surface area contributed by atoms with E-state index < -0.39 is 0 Å². The van der Waals surface area contributed by atoms with Gasteiger partial charge in [-0.1, -0.05) is 12.8 Å². The fourth-order valence-electron chi connectivity index (χ4n) is 0.111. The molecule has 0 aliphatic heterocycles. The average molecular weight is 105 g/mol. The molecule has 0 aromatic carbocycles. The van der Waals surface area contributed by atoms with Crippen molar-refractivity contribution in [3.8, 4) is 0 Å². The maximum absolute atomic E-state index is 9.93. The van der Waals surface area contributed by atoms with Gasteiger partial charge in [0.15, 0.2) is 0 Å². The molecule has 0 heterocycles. The fraction of sp³-hybridized carbons (Fsp3) is 0.667. The van der Waals surface area contributed by atoms with Gasteiger partial charge < -0.3 is 0 Å².